The van der Waals surface area contributed by atoms with Crippen LogP contribution in [0.15, 0.2) is 95.8 Å². The predicted octanol–water partition coefficient (Wildman–Crippen LogP) is 5.45. The van der Waals surface area contributed by atoms with Crippen LogP contribution >= 0.6 is 0 Å². The van der Waals surface area contributed by atoms with Crippen LogP contribution in [0.3, 0.4) is 0 Å². The summed E-state index contributed by atoms with van der Waals surface area (Å²) >= 11 is 0. The zero-order chi connectivity index (χ0) is 22.7. The minimum absolute atomic E-state index is 0.00313. The second-order valence-electron chi connectivity index (χ2n) is 8.12. The highest BCUT2D eigenvalue weighted by molar-refractivity contribution is 5.60. The number of hydrogen-bond acceptors (Lipinski definition) is 6. The molecule has 0 fully saturated rings. The molecule has 5 aromatic rings. The van der Waals surface area contributed by atoms with Crippen molar-refractivity contribution in [1.29, 1.82) is 0 Å². The molecule has 1 aliphatic heterocycles. The van der Waals surface area contributed by atoms with E-state index in [0.717, 1.165) is 28.1 Å². The van der Waals surface area contributed by atoms with Gasteiger partial charge in [-0.1, -0.05) is 65.8 Å². The molecule has 3 aromatic carbocycles. The van der Waals surface area contributed by atoms with E-state index in [1.165, 1.54) is 0 Å². The monoisotopic (exact) mass is 450 g/mol. The zero-order valence-electron chi connectivity index (χ0n) is 18.4. The third-order valence-electron chi connectivity index (χ3n) is 5.89. The van der Waals surface area contributed by atoms with Crippen molar-refractivity contribution in [1.82, 2.24) is 19.7 Å². The largest absolute Gasteiger partial charge is 0.489 e. The van der Waals surface area contributed by atoms with E-state index < -0.39 is 0 Å². The average molecular weight is 450 g/mol. The normalized spacial score (nSPS) is 15.1. The van der Waals surface area contributed by atoms with Crippen molar-refractivity contribution >= 4 is 0 Å². The molecular weight excluding hydrogens is 428 g/mol. The first kappa shape index (κ1) is 20.4. The summed E-state index contributed by atoms with van der Waals surface area (Å²) in [5.74, 6) is 1.67. The lowest BCUT2D eigenvalue weighted by Gasteiger charge is -2.25. The first-order chi connectivity index (χ1) is 16.8. The molecule has 7 heteroatoms. The van der Waals surface area contributed by atoms with E-state index in [0.29, 0.717) is 37.2 Å². The number of hydrogen-bond donors (Lipinski definition) is 0. The summed E-state index contributed by atoms with van der Waals surface area (Å²) < 4.78 is 19.6. The van der Waals surface area contributed by atoms with Gasteiger partial charge in [-0.2, -0.15) is 4.98 Å². The summed E-state index contributed by atoms with van der Waals surface area (Å²) in [5, 5.41) is 4.16. The van der Waals surface area contributed by atoms with Gasteiger partial charge >= 0.3 is 0 Å². The van der Waals surface area contributed by atoms with Crippen LogP contribution < -0.4 is 4.74 Å². The minimum atomic E-state index is -0.00313. The topological polar surface area (TPSA) is 75.2 Å². The molecule has 0 saturated carbocycles. The molecule has 0 bridgehead atoms. The van der Waals surface area contributed by atoms with Crippen LogP contribution in [0.25, 0.3) is 23.0 Å². The molecule has 0 radical (unpaired) electrons. The first-order valence-corrected chi connectivity index (χ1v) is 11.2. The fourth-order valence-corrected chi connectivity index (χ4v) is 4.05. The fourth-order valence-electron chi connectivity index (χ4n) is 4.05. The lowest BCUT2D eigenvalue weighted by Crippen LogP contribution is -2.20. The second kappa shape index (κ2) is 8.96. The Hall–Kier alpha value is -4.23. The van der Waals surface area contributed by atoms with Crippen molar-refractivity contribution in [3.8, 4) is 28.7 Å². The summed E-state index contributed by atoms with van der Waals surface area (Å²) in [7, 11) is 0. The Morgan fingerprint density at radius 2 is 1.68 bits per heavy atom. The van der Waals surface area contributed by atoms with E-state index in [2.05, 4.69) is 31.8 Å². The van der Waals surface area contributed by atoms with Gasteiger partial charge in [-0.3, -0.25) is 0 Å². The Labute approximate surface area is 196 Å². The van der Waals surface area contributed by atoms with Crippen molar-refractivity contribution in [3.63, 3.8) is 0 Å². The maximum absolute atomic E-state index is 6.11. The molecule has 7 nitrogen and oxygen atoms in total. The number of nitrogens with zero attached hydrogens (tertiary/aromatic N) is 4. The van der Waals surface area contributed by atoms with E-state index in [4.69, 9.17) is 14.0 Å². The molecule has 168 valence electrons. The van der Waals surface area contributed by atoms with E-state index >= 15 is 0 Å². The molecule has 0 amide bonds. The van der Waals surface area contributed by atoms with Gasteiger partial charge in [0.2, 0.25) is 5.82 Å². The quantitative estimate of drug-likeness (QED) is 0.342. The molecule has 1 aliphatic rings. The molecule has 3 heterocycles. The summed E-state index contributed by atoms with van der Waals surface area (Å²) in [6, 6.07) is 27.9. The summed E-state index contributed by atoms with van der Waals surface area (Å²) in [4.78, 5) is 9.12. The number of benzene rings is 3. The van der Waals surface area contributed by atoms with Gasteiger partial charge in [0, 0.05) is 5.56 Å². The number of rotatable bonds is 6. The third kappa shape index (κ3) is 4.09. The predicted molar refractivity (Wildman–Crippen MR) is 126 cm³/mol. The Morgan fingerprint density at radius 3 is 2.47 bits per heavy atom. The maximum Gasteiger partial charge on any atom is 0.278 e. The van der Waals surface area contributed by atoms with Crippen molar-refractivity contribution in [2.75, 3.05) is 0 Å². The molecule has 0 spiro atoms. The Bertz CT molecular complexity index is 1380. The van der Waals surface area contributed by atoms with Crippen LogP contribution in [-0.4, -0.2) is 19.7 Å². The van der Waals surface area contributed by atoms with Crippen molar-refractivity contribution < 1.29 is 14.0 Å². The molecule has 2 aromatic heterocycles. The summed E-state index contributed by atoms with van der Waals surface area (Å²) in [6.07, 6.45) is 1.81. The van der Waals surface area contributed by atoms with E-state index in [9.17, 15) is 0 Å². The summed E-state index contributed by atoms with van der Waals surface area (Å²) in [5.41, 5.74) is 4.71. The van der Waals surface area contributed by atoms with Gasteiger partial charge < -0.3 is 18.6 Å². The highest BCUT2D eigenvalue weighted by Gasteiger charge is 2.26. The SMILES string of the molecule is c1ccc(COc2ccc(-c3noc(-c4ncn5c4COC(c4ccccc4)C5)n3)cc2)cc1. The van der Waals surface area contributed by atoms with Gasteiger partial charge in [0.15, 0.2) is 5.69 Å². The molecular formula is C27H22N4O3. The number of fused-ring (bicyclic) bond motifs is 1. The third-order valence-corrected chi connectivity index (χ3v) is 5.89. The Balaban J connectivity index is 1.16. The van der Waals surface area contributed by atoms with Gasteiger partial charge in [0.05, 0.1) is 25.2 Å². The van der Waals surface area contributed by atoms with Crippen LogP contribution in [0.4, 0.5) is 0 Å². The maximum atomic E-state index is 6.11. The standard InChI is InChI=1S/C27H22N4O3/c1-3-7-19(8-4-1)16-32-22-13-11-21(12-14-22)26-29-27(34-30-26)25-23-17-33-24(15-31(23)18-28-25)20-9-5-2-6-10-20/h1-14,18,24H,15-17H2. The van der Waals surface area contributed by atoms with E-state index in [-0.39, 0.29) is 6.10 Å². The zero-order valence-corrected chi connectivity index (χ0v) is 18.4. The number of aromatic nitrogens is 4. The van der Waals surface area contributed by atoms with Crippen LogP contribution in [0.1, 0.15) is 22.9 Å². The van der Waals surface area contributed by atoms with E-state index in [1.807, 2.05) is 79.1 Å². The molecule has 34 heavy (non-hydrogen) atoms. The smallest absolute Gasteiger partial charge is 0.278 e. The van der Waals surface area contributed by atoms with Gasteiger partial charge in [0.1, 0.15) is 18.5 Å². The minimum Gasteiger partial charge on any atom is -0.489 e. The summed E-state index contributed by atoms with van der Waals surface area (Å²) in [6.45, 7) is 1.64. The Kier molecular flexibility index (Phi) is 5.37. The van der Waals surface area contributed by atoms with E-state index in [1.54, 1.807) is 0 Å². The van der Waals surface area contributed by atoms with Crippen LogP contribution in [-0.2, 0) is 24.5 Å². The fraction of sp³-hybridized carbons (Fsp3) is 0.148. The van der Waals surface area contributed by atoms with Gasteiger partial charge in [-0.25, -0.2) is 4.98 Å². The number of ether oxygens (including phenoxy) is 2. The second-order valence-corrected chi connectivity index (χ2v) is 8.12. The molecule has 1 atom stereocenters. The Morgan fingerprint density at radius 1 is 0.912 bits per heavy atom. The van der Waals surface area contributed by atoms with Crippen LogP contribution in [0.5, 0.6) is 5.75 Å². The molecule has 0 aliphatic carbocycles. The molecule has 6 rings (SSSR count). The highest BCUT2D eigenvalue weighted by atomic mass is 16.5. The van der Waals surface area contributed by atoms with Crippen LogP contribution in [0.2, 0.25) is 0 Å². The van der Waals surface area contributed by atoms with Gasteiger partial charge in [-0.05, 0) is 35.4 Å². The molecule has 0 saturated heterocycles. The molecule has 0 N–H and O–H groups in total. The highest BCUT2D eigenvalue weighted by Crippen LogP contribution is 2.32. The lowest BCUT2D eigenvalue weighted by atomic mass is 10.1. The number of imidazole rings is 1. The van der Waals surface area contributed by atoms with Crippen LogP contribution in [0, 0.1) is 0 Å². The van der Waals surface area contributed by atoms with Crippen molar-refractivity contribution in [2.24, 2.45) is 0 Å². The van der Waals surface area contributed by atoms with Gasteiger partial charge in [0.25, 0.3) is 5.89 Å². The first-order valence-electron chi connectivity index (χ1n) is 11.2. The van der Waals surface area contributed by atoms with Crippen molar-refractivity contribution in [2.45, 2.75) is 25.9 Å². The average Bonchev–Trinajstić information content (AvgIpc) is 3.56. The van der Waals surface area contributed by atoms with Crippen molar-refractivity contribution in [3.05, 3.63) is 108 Å². The van der Waals surface area contributed by atoms with Gasteiger partial charge in [-0.15, -0.1) is 0 Å². The lowest BCUT2D eigenvalue weighted by molar-refractivity contribution is 0.00330. The molecule has 1 unspecified atom stereocenters.